The number of ether oxygens (including phenoxy) is 5. The molecule has 0 aromatic heterocycles. The molecule has 0 amide bonds. The molecule has 9 nitrogen and oxygen atoms in total. The van der Waals surface area contributed by atoms with Gasteiger partial charge in [0, 0.05) is 19.2 Å². The van der Waals surface area contributed by atoms with E-state index in [2.05, 4.69) is 38.4 Å². The van der Waals surface area contributed by atoms with Gasteiger partial charge in [-0.2, -0.15) is 5.26 Å². The number of nitrogens with zero attached hydrogens (tertiary/aromatic N) is 2. The predicted molar refractivity (Wildman–Crippen MR) is 184 cm³/mol. The third-order valence-electron chi connectivity index (χ3n) is 7.71. The van der Waals surface area contributed by atoms with Crippen LogP contribution in [0.5, 0.6) is 17.2 Å². The standard InChI is InChI=1S/C37H49N2O7P/c1-25(2)39(26(3)4)47(41-23-9-22-38)42-24-33-34(43-30-16-10-27(5)11-17-30)35(44-31-18-12-28(6)13-19-31)36(37(40-8)46-33)45-32-20-14-29(7)15-21-32/h10-21,25-26,33-37H,9,23-24H2,1-8H3/t33-,34-,35+,36-,37-,47?/m1/s1. The highest BCUT2D eigenvalue weighted by Gasteiger charge is 2.51. The van der Waals surface area contributed by atoms with Crippen molar-refractivity contribution in [3.05, 3.63) is 89.5 Å². The fourth-order valence-corrected chi connectivity index (χ4v) is 6.99. The molecule has 4 rings (SSSR count). The van der Waals surface area contributed by atoms with Crippen LogP contribution < -0.4 is 14.2 Å². The summed E-state index contributed by atoms with van der Waals surface area (Å²) < 4.78 is 47.6. The van der Waals surface area contributed by atoms with Crippen LogP contribution in [-0.4, -0.2) is 67.8 Å². The van der Waals surface area contributed by atoms with Crippen molar-refractivity contribution < 1.29 is 32.7 Å². The van der Waals surface area contributed by atoms with Gasteiger partial charge in [0.25, 0.3) is 8.53 Å². The monoisotopic (exact) mass is 664 g/mol. The van der Waals surface area contributed by atoms with Crippen molar-refractivity contribution in [2.24, 2.45) is 0 Å². The van der Waals surface area contributed by atoms with Gasteiger partial charge in [-0.1, -0.05) is 53.1 Å². The van der Waals surface area contributed by atoms with Crippen LogP contribution in [0.2, 0.25) is 0 Å². The van der Waals surface area contributed by atoms with E-state index in [1.807, 2.05) is 93.6 Å². The van der Waals surface area contributed by atoms with Gasteiger partial charge in [0.2, 0.25) is 0 Å². The minimum atomic E-state index is -1.53. The molecule has 1 aliphatic heterocycles. The quantitative estimate of drug-likeness (QED) is 0.112. The highest BCUT2D eigenvalue weighted by Crippen LogP contribution is 2.47. The molecule has 254 valence electrons. The zero-order valence-corrected chi connectivity index (χ0v) is 29.7. The fraction of sp³-hybridized carbons (Fsp3) is 0.486. The van der Waals surface area contributed by atoms with Crippen LogP contribution >= 0.6 is 8.53 Å². The molecule has 47 heavy (non-hydrogen) atoms. The van der Waals surface area contributed by atoms with Gasteiger partial charge in [-0.15, -0.1) is 0 Å². The maximum atomic E-state index is 9.17. The van der Waals surface area contributed by atoms with Gasteiger partial charge in [0.1, 0.15) is 23.4 Å². The molecule has 0 radical (unpaired) electrons. The van der Waals surface area contributed by atoms with Crippen LogP contribution in [0.25, 0.3) is 0 Å². The molecule has 3 aromatic carbocycles. The van der Waals surface area contributed by atoms with E-state index in [9.17, 15) is 5.26 Å². The van der Waals surface area contributed by atoms with Crippen molar-refractivity contribution >= 4 is 8.53 Å². The Hall–Kier alpha value is -3.22. The summed E-state index contributed by atoms with van der Waals surface area (Å²) in [6.45, 7) is 14.9. The zero-order valence-electron chi connectivity index (χ0n) is 28.8. The van der Waals surface area contributed by atoms with Crippen LogP contribution in [0, 0.1) is 32.1 Å². The molecule has 0 N–H and O–H groups in total. The summed E-state index contributed by atoms with van der Waals surface area (Å²) in [6, 6.07) is 26.1. The Kier molecular flexibility index (Phi) is 13.9. The smallest absolute Gasteiger partial charge is 0.259 e. The first-order valence-corrected chi connectivity index (χ1v) is 17.3. The highest BCUT2D eigenvalue weighted by molar-refractivity contribution is 7.44. The molecule has 1 heterocycles. The first-order valence-electron chi connectivity index (χ1n) is 16.2. The molecular weight excluding hydrogens is 615 g/mol. The molecule has 1 aliphatic rings. The first kappa shape index (κ1) is 36.6. The summed E-state index contributed by atoms with van der Waals surface area (Å²) in [5.41, 5.74) is 3.36. The number of aryl methyl sites for hydroxylation is 3. The lowest BCUT2D eigenvalue weighted by molar-refractivity contribution is -0.278. The number of benzene rings is 3. The summed E-state index contributed by atoms with van der Waals surface area (Å²) in [5.74, 6) is 1.99. The normalized spacial score (nSPS) is 21.9. The molecule has 6 atom stereocenters. The molecule has 0 spiro atoms. The Morgan fingerprint density at radius 2 is 1.15 bits per heavy atom. The molecule has 0 saturated carbocycles. The first-order chi connectivity index (χ1) is 22.6. The van der Waals surface area contributed by atoms with E-state index in [-0.39, 0.29) is 31.7 Å². The van der Waals surface area contributed by atoms with Crippen molar-refractivity contribution in [3.8, 4) is 23.3 Å². The largest absolute Gasteiger partial charge is 0.484 e. The summed E-state index contributed by atoms with van der Waals surface area (Å²) in [7, 11) is 0.0657. The molecule has 10 heteroatoms. The third kappa shape index (κ3) is 10.4. The Morgan fingerprint density at radius 3 is 1.57 bits per heavy atom. The van der Waals surface area contributed by atoms with E-state index in [0.29, 0.717) is 17.2 Å². The average Bonchev–Trinajstić information content (AvgIpc) is 3.04. The van der Waals surface area contributed by atoms with Gasteiger partial charge in [-0.25, -0.2) is 4.67 Å². The highest BCUT2D eigenvalue weighted by atomic mass is 31.2. The fourth-order valence-electron chi connectivity index (χ4n) is 5.38. The van der Waals surface area contributed by atoms with Gasteiger partial charge >= 0.3 is 0 Å². The Balaban J connectivity index is 1.73. The maximum absolute atomic E-state index is 9.17. The lowest BCUT2D eigenvalue weighted by atomic mass is 9.97. The van der Waals surface area contributed by atoms with Crippen molar-refractivity contribution in [3.63, 3.8) is 0 Å². The number of nitriles is 1. The lowest BCUT2D eigenvalue weighted by Crippen LogP contribution is -2.64. The van der Waals surface area contributed by atoms with E-state index < -0.39 is 39.2 Å². The molecule has 1 unspecified atom stereocenters. The second kappa shape index (κ2) is 17.8. The van der Waals surface area contributed by atoms with Crippen LogP contribution in [0.15, 0.2) is 72.8 Å². The lowest BCUT2D eigenvalue weighted by Gasteiger charge is -2.45. The van der Waals surface area contributed by atoms with E-state index >= 15 is 0 Å². The molecule has 1 saturated heterocycles. The zero-order chi connectivity index (χ0) is 33.9. The summed E-state index contributed by atoms with van der Waals surface area (Å²) >= 11 is 0. The van der Waals surface area contributed by atoms with Crippen molar-refractivity contribution in [1.29, 1.82) is 5.26 Å². The van der Waals surface area contributed by atoms with Crippen LogP contribution in [0.3, 0.4) is 0 Å². The predicted octanol–water partition coefficient (Wildman–Crippen LogP) is 7.92. The van der Waals surface area contributed by atoms with Gasteiger partial charge in [-0.05, 0) is 84.9 Å². The Morgan fingerprint density at radius 1 is 0.702 bits per heavy atom. The number of rotatable bonds is 16. The van der Waals surface area contributed by atoms with E-state index in [0.717, 1.165) is 16.7 Å². The third-order valence-corrected chi connectivity index (χ3v) is 9.79. The van der Waals surface area contributed by atoms with Gasteiger partial charge < -0.3 is 32.7 Å². The SMILES string of the molecule is CO[C@@H]1O[C@H](COP(OCCC#N)N(C(C)C)C(C)C)[C@@H](Oc2ccc(C)cc2)[C@H](Oc2ccc(C)cc2)[C@H]1Oc1ccc(C)cc1. The van der Waals surface area contributed by atoms with Crippen molar-refractivity contribution in [1.82, 2.24) is 4.67 Å². The number of hydrogen-bond acceptors (Lipinski definition) is 9. The van der Waals surface area contributed by atoms with E-state index in [1.165, 1.54) is 0 Å². The summed E-state index contributed by atoms with van der Waals surface area (Å²) in [6.07, 6.45) is -3.24. The van der Waals surface area contributed by atoms with E-state index in [1.54, 1.807) is 7.11 Å². The minimum Gasteiger partial charge on any atom is -0.484 e. The maximum Gasteiger partial charge on any atom is 0.259 e. The van der Waals surface area contributed by atoms with Crippen LogP contribution in [0.1, 0.15) is 50.8 Å². The van der Waals surface area contributed by atoms with Crippen LogP contribution in [-0.2, 0) is 18.5 Å². The van der Waals surface area contributed by atoms with Crippen LogP contribution in [0.4, 0.5) is 0 Å². The molecule has 0 aliphatic carbocycles. The van der Waals surface area contributed by atoms with Crippen molar-refractivity contribution in [2.75, 3.05) is 20.3 Å². The van der Waals surface area contributed by atoms with Gasteiger partial charge in [-0.3, -0.25) is 0 Å². The Labute approximate surface area is 281 Å². The Bertz CT molecular complexity index is 1390. The average molecular weight is 665 g/mol. The second-order valence-electron chi connectivity index (χ2n) is 12.3. The van der Waals surface area contributed by atoms with Gasteiger partial charge in [0.05, 0.1) is 25.7 Å². The second-order valence-corrected chi connectivity index (χ2v) is 13.8. The van der Waals surface area contributed by atoms with E-state index in [4.69, 9.17) is 32.7 Å². The molecule has 1 fully saturated rings. The summed E-state index contributed by atoms with van der Waals surface area (Å²) in [5, 5.41) is 9.17. The topological polar surface area (TPSA) is 91.6 Å². The molecule has 0 bridgehead atoms. The number of methoxy groups -OCH3 is 1. The molecule has 3 aromatic rings. The summed E-state index contributed by atoms with van der Waals surface area (Å²) in [4.78, 5) is 0. The van der Waals surface area contributed by atoms with Gasteiger partial charge in [0.15, 0.2) is 24.6 Å². The minimum absolute atomic E-state index is 0.121. The molecular formula is C37H49N2O7P. The number of hydrogen-bond donors (Lipinski definition) is 0. The van der Waals surface area contributed by atoms with Crippen molar-refractivity contribution in [2.45, 2.75) is 97.7 Å².